The fourth-order valence-electron chi connectivity index (χ4n) is 1.61. The molecule has 1 N–H and O–H groups in total. The SMILES string of the molecule is COc1cc(C#N)ccc1NS(=O)(=O)c1cnccc1Cl. The molecular weight excluding hydrogens is 314 g/mol. The molecule has 1 aromatic carbocycles. The van der Waals surface area contributed by atoms with Crippen LogP contribution in [-0.2, 0) is 10.0 Å². The number of pyridine rings is 1. The van der Waals surface area contributed by atoms with Gasteiger partial charge in [-0.1, -0.05) is 11.6 Å². The Bertz CT molecular complexity index is 816. The van der Waals surface area contributed by atoms with Crippen molar-refractivity contribution in [2.24, 2.45) is 0 Å². The van der Waals surface area contributed by atoms with Crippen LogP contribution >= 0.6 is 11.6 Å². The topological polar surface area (TPSA) is 92.1 Å². The molecule has 0 atom stereocenters. The summed E-state index contributed by atoms with van der Waals surface area (Å²) >= 11 is 5.86. The van der Waals surface area contributed by atoms with E-state index in [0.717, 1.165) is 6.20 Å². The summed E-state index contributed by atoms with van der Waals surface area (Å²) < 4.78 is 32.0. The van der Waals surface area contributed by atoms with Crippen molar-refractivity contribution in [2.45, 2.75) is 4.90 Å². The van der Waals surface area contributed by atoms with Crippen molar-refractivity contribution in [2.75, 3.05) is 11.8 Å². The van der Waals surface area contributed by atoms with Crippen molar-refractivity contribution in [3.8, 4) is 11.8 Å². The van der Waals surface area contributed by atoms with Gasteiger partial charge in [0.05, 0.1) is 29.5 Å². The molecule has 6 nitrogen and oxygen atoms in total. The van der Waals surface area contributed by atoms with Gasteiger partial charge in [-0.05, 0) is 18.2 Å². The van der Waals surface area contributed by atoms with E-state index in [-0.39, 0.29) is 21.4 Å². The van der Waals surface area contributed by atoms with Gasteiger partial charge in [-0.25, -0.2) is 8.42 Å². The summed E-state index contributed by atoms with van der Waals surface area (Å²) in [6.07, 6.45) is 2.55. The minimum absolute atomic E-state index is 0.0603. The maximum atomic E-state index is 12.3. The van der Waals surface area contributed by atoms with Crippen molar-refractivity contribution >= 4 is 27.3 Å². The predicted molar refractivity (Wildman–Crippen MR) is 77.8 cm³/mol. The largest absolute Gasteiger partial charge is 0.495 e. The normalized spacial score (nSPS) is 10.7. The van der Waals surface area contributed by atoms with Crippen molar-refractivity contribution in [1.29, 1.82) is 5.26 Å². The highest BCUT2D eigenvalue weighted by Crippen LogP contribution is 2.29. The van der Waals surface area contributed by atoms with Crippen LogP contribution in [0.1, 0.15) is 5.56 Å². The molecule has 0 spiro atoms. The lowest BCUT2D eigenvalue weighted by atomic mass is 10.2. The zero-order chi connectivity index (χ0) is 15.5. The number of ether oxygens (including phenoxy) is 1. The summed E-state index contributed by atoms with van der Waals surface area (Å²) in [4.78, 5) is 3.60. The first kappa shape index (κ1) is 15.1. The average molecular weight is 324 g/mol. The van der Waals surface area contributed by atoms with Gasteiger partial charge in [0.25, 0.3) is 10.0 Å². The number of rotatable bonds is 4. The third-order valence-electron chi connectivity index (χ3n) is 2.60. The molecule has 0 aliphatic carbocycles. The summed E-state index contributed by atoms with van der Waals surface area (Å²) in [6, 6.07) is 7.68. The molecule has 0 saturated heterocycles. The number of hydrogen-bond acceptors (Lipinski definition) is 5. The fraction of sp³-hybridized carbons (Fsp3) is 0.0769. The Kier molecular flexibility index (Phi) is 4.31. The highest BCUT2D eigenvalue weighted by molar-refractivity contribution is 7.92. The van der Waals surface area contributed by atoms with Gasteiger partial charge >= 0.3 is 0 Å². The van der Waals surface area contributed by atoms with E-state index in [1.165, 1.54) is 37.6 Å². The van der Waals surface area contributed by atoms with E-state index in [0.29, 0.717) is 5.56 Å². The second-order valence-electron chi connectivity index (χ2n) is 3.94. The molecule has 0 fully saturated rings. The number of methoxy groups -OCH3 is 1. The van der Waals surface area contributed by atoms with Gasteiger partial charge in [0, 0.05) is 18.5 Å². The Balaban J connectivity index is 2.42. The van der Waals surface area contributed by atoms with E-state index in [9.17, 15) is 8.42 Å². The monoisotopic (exact) mass is 323 g/mol. The number of nitriles is 1. The Morgan fingerprint density at radius 3 is 2.76 bits per heavy atom. The van der Waals surface area contributed by atoms with Crippen LogP contribution in [0.25, 0.3) is 0 Å². The molecule has 0 amide bonds. The molecule has 8 heteroatoms. The molecule has 0 radical (unpaired) electrons. The molecule has 0 aliphatic heterocycles. The highest BCUT2D eigenvalue weighted by atomic mass is 35.5. The molecule has 1 aromatic heterocycles. The van der Waals surface area contributed by atoms with E-state index in [2.05, 4.69) is 9.71 Å². The summed E-state index contributed by atoms with van der Waals surface area (Å²) in [5.41, 5.74) is 0.561. The molecule has 2 aromatic rings. The smallest absolute Gasteiger partial charge is 0.265 e. The van der Waals surface area contributed by atoms with Crippen LogP contribution in [0.3, 0.4) is 0 Å². The minimum Gasteiger partial charge on any atom is -0.495 e. The molecule has 21 heavy (non-hydrogen) atoms. The average Bonchev–Trinajstić information content (AvgIpc) is 2.47. The number of aromatic nitrogens is 1. The van der Waals surface area contributed by atoms with Gasteiger partial charge in [-0.2, -0.15) is 5.26 Å². The Hall–Kier alpha value is -2.30. The standard InChI is InChI=1S/C13H10ClN3O3S/c1-20-12-6-9(7-15)2-3-11(12)17-21(18,19)13-8-16-5-4-10(13)14/h2-6,8,17H,1H3. The van der Waals surface area contributed by atoms with E-state index in [1.807, 2.05) is 6.07 Å². The summed E-state index contributed by atoms with van der Waals surface area (Å²) in [7, 11) is -2.52. The molecule has 0 aliphatic rings. The number of nitrogens with zero attached hydrogens (tertiary/aromatic N) is 2. The van der Waals surface area contributed by atoms with Crippen LogP contribution in [0.4, 0.5) is 5.69 Å². The Morgan fingerprint density at radius 2 is 2.14 bits per heavy atom. The van der Waals surface area contributed by atoms with Crippen molar-refractivity contribution in [3.05, 3.63) is 47.2 Å². The number of halogens is 1. The van der Waals surface area contributed by atoms with Crippen LogP contribution < -0.4 is 9.46 Å². The van der Waals surface area contributed by atoms with E-state index < -0.39 is 10.0 Å². The van der Waals surface area contributed by atoms with Crippen molar-refractivity contribution < 1.29 is 13.2 Å². The third-order valence-corrected chi connectivity index (χ3v) is 4.43. The number of nitrogens with one attached hydrogen (secondary N) is 1. The zero-order valence-electron chi connectivity index (χ0n) is 10.9. The number of benzene rings is 1. The summed E-state index contributed by atoms with van der Waals surface area (Å²) in [5.74, 6) is 0.234. The minimum atomic E-state index is -3.90. The predicted octanol–water partition coefficient (Wildman–Crippen LogP) is 2.42. The summed E-state index contributed by atoms with van der Waals surface area (Å²) in [5, 5.41) is 8.89. The van der Waals surface area contributed by atoms with Crippen LogP contribution in [0.5, 0.6) is 5.75 Å². The second-order valence-corrected chi connectivity index (χ2v) is 6.00. The lowest BCUT2D eigenvalue weighted by Gasteiger charge is -2.12. The second kappa shape index (κ2) is 5.99. The third kappa shape index (κ3) is 3.24. The van der Waals surface area contributed by atoms with Crippen molar-refractivity contribution in [3.63, 3.8) is 0 Å². The lowest BCUT2D eigenvalue weighted by molar-refractivity contribution is 0.416. The number of hydrogen-bond donors (Lipinski definition) is 1. The van der Waals surface area contributed by atoms with Crippen LogP contribution in [0, 0.1) is 11.3 Å². The Morgan fingerprint density at radius 1 is 1.38 bits per heavy atom. The van der Waals surface area contributed by atoms with Crippen LogP contribution in [0.2, 0.25) is 5.02 Å². The number of sulfonamides is 1. The van der Waals surface area contributed by atoms with Gasteiger partial charge < -0.3 is 4.74 Å². The quantitative estimate of drug-likeness (QED) is 0.932. The maximum absolute atomic E-state index is 12.3. The van der Waals surface area contributed by atoms with Gasteiger partial charge in [0.2, 0.25) is 0 Å². The Labute approximate surface area is 127 Å². The molecule has 0 saturated carbocycles. The first-order valence-corrected chi connectivity index (χ1v) is 7.54. The molecule has 2 rings (SSSR count). The van der Waals surface area contributed by atoms with Gasteiger partial charge in [-0.3, -0.25) is 9.71 Å². The molecule has 1 heterocycles. The van der Waals surface area contributed by atoms with Crippen molar-refractivity contribution in [1.82, 2.24) is 4.98 Å². The molecule has 108 valence electrons. The van der Waals surface area contributed by atoms with Crippen LogP contribution in [0.15, 0.2) is 41.6 Å². The fourth-order valence-corrected chi connectivity index (χ4v) is 3.11. The molecule has 0 bridgehead atoms. The summed E-state index contributed by atoms with van der Waals surface area (Å²) in [6.45, 7) is 0. The molecule has 0 unspecified atom stereocenters. The van der Waals surface area contributed by atoms with Gasteiger partial charge in [0.15, 0.2) is 0 Å². The van der Waals surface area contributed by atoms with E-state index in [1.54, 1.807) is 0 Å². The van der Waals surface area contributed by atoms with Gasteiger partial charge in [-0.15, -0.1) is 0 Å². The zero-order valence-corrected chi connectivity index (χ0v) is 12.4. The highest BCUT2D eigenvalue weighted by Gasteiger charge is 2.20. The van der Waals surface area contributed by atoms with Gasteiger partial charge in [0.1, 0.15) is 10.6 Å². The van der Waals surface area contributed by atoms with Crippen LogP contribution in [-0.4, -0.2) is 20.5 Å². The first-order valence-electron chi connectivity index (χ1n) is 5.68. The lowest BCUT2D eigenvalue weighted by Crippen LogP contribution is -2.14. The number of anilines is 1. The maximum Gasteiger partial charge on any atom is 0.265 e. The van der Waals surface area contributed by atoms with E-state index >= 15 is 0 Å². The first-order chi connectivity index (χ1) is 9.97. The van der Waals surface area contributed by atoms with E-state index in [4.69, 9.17) is 21.6 Å². The molecular formula is C13H10ClN3O3S.